The first-order valence-electron chi connectivity index (χ1n) is 9.35. The lowest BCUT2D eigenvalue weighted by molar-refractivity contribution is 0.414. The number of ether oxygens (including phenoxy) is 1. The molecule has 1 aromatic carbocycles. The molecule has 1 fully saturated rings. The van der Waals surface area contributed by atoms with Gasteiger partial charge in [0.25, 0.3) is 0 Å². The van der Waals surface area contributed by atoms with E-state index in [1.54, 1.807) is 7.11 Å². The van der Waals surface area contributed by atoms with Gasteiger partial charge in [0.2, 0.25) is 5.95 Å². The summed E-state index contributed by atoms with van der Waals surface area (Å²) < 4.78 is 5.17. The fourth-order valence-corrected chi connectivity index (χ4v) is 3.43. The number of aryl methyl sites for hydroxylation is 1. The first-order chi connectivity index (χ1) is 13.0. The van der Waals surface area contributed by atoms with Crippen LogP contribution in [-0.4, -0.2) is 34.8 Å². The van der Waals surface area contributed by atoms with E-state index in [9.17, 15) is 0 Å². The number of anilines is 2. The normalized spacial score (nSPS) is 16.7. The Morgan fingerprint density at radius 3 is 2.74 bits per heavy atom. The van der Waals surface area contributed by atoms with Crippen LogP contribution in [0.2, 0.25) is 0 Å². The zero-order valence-corrected chi connectivity index (χ0v) is 17.0. The fraction of sp³-hybridized carbons (Fsp3) is 0.450. The molecule has 1 unspecified atom stereocenters. The number of piperidine rings is 1. The minimum atomic E-state index is 0.501. The number of aromatic nitrogens is 2. The predicted molar refractivity (Wildman–Crippen MR) is 113 cm³/mol. The van der Waals surface area contributed by atoms with Crippen LogP contribution in [0.3, 0.4) is 0 Å². The molecule has 27 heavy (non-hydrogen) atoms. The van der Waals surface area contributed by atoms with E-state index in [-0.39, 0.29) is 0 Å². The summed E-state index contributed by atoms with van der Waals surface area (Å²) in [5.74, 6) is 2.34. The summed E-state index contributed by atoms with van der Waals surface area (Å²) in [6, 6.07) is 10.4. The molecule has 2 aromatic rings. The summed E-state index contributed by atoms with van der Waals surface area (Å²) in [5, 5.41) is 6.82. The third-order valence-electron chi connectivity index (χ3n) is 4.78. The largest absolute Gasteiger partial charge is 0.497 e. The Balaban J connectivity index is 1.61. The third kappa shape index (κ3) is 5.29. The second-order valence-corrected chi connectivity index (χ2v) is 7.29. The van der Waals surface area contributed by atoms with Gasteiger partial charge >= 0.3 is 0 Å². The Morgan fingerprint density at radius 1 is 1.26 bits per heavy atom. The minimum Gasteiger partial charge on any atom is -0.497 e. The third-order valence-corrected chi connectivity index (χ3v) is 5.02. The van der Waals surface area contributed by atoms with Gasteiger partial charge in [-0.25, -0.2) is 4.98 Å². The fourth-order valence-electron chi connectivity index (χ4n) is 3.26. The Morgan fingerprint density at radius 2 is 2.04 bits per heavy atom. The van der Waals surface area contributed by atoms with Crippen molar-refractivity contribution < 1.29 is 4.74 Å². The number of thiocarbonyl (C=S) groups is 1. The highest BCUT2D eigenvalue weighted by molar-refractivity contribution is 7.80. The molecule has 7 heteroatoms. The zero-order valence-electron chi connectivity index (χ0n) is 16.2. The van der Waals surface area contributed by atoms with Gasteiger partial charge in [-0.15, -0.1) is 0 Å². The van der Waals surface area contributed by atoms with Crippen LogP contribution in [0.4, 0.5) is 11.8 Å². The Hall–Kier alpha value is -2.41. The van der Waals surface area contributed by atoms with E-state index in [1.165, 1.54) is 19.3 Å². The Labute approximate surface area is 166 Å². The van der Waals surface area contributed by atoms with Gasteiger partial charge in [0.05, 0.1) is 7.11 Å². The smallest absolute Gasteiger partial charge is 0.231 e. The van der Waals surface area contributed by atoms with Crippen LogP contribution in [0.1, 0.15) is 37.4 Å². The van der Waals surface area contributed by atoms with Crippen LogP contribution in [-0.2, 0) is 6.54 Å². The summed E-state index contributed by atoms with van der Waals surface area (Å²) in [6.45, 7) is 5.90. The Kier molecular flexibility index (Phi) is 6.45. The molecule has 1 saturated heterocycles. The van der Waals surface area contributed by atoms with Crippen LogP contribution in [0.15, 0.2) is 30.3 Å². The van der Waals surface area contributed by atoms with E-state index in [2.05, 4.69) is 32.4 Å². The SMILES string of the molecule is COc1ccc(CNC(=S)Nc2nc(C)cc(N3CCCCC3C)n2)cc1. The lowest BCUT2D eigenvalue weighted by Gasteiger charge is -2.34. The molecule has 0 radical (unpaired) electrons. The van der Waals surface area contributed by atoms with Crippen molar-refractivity contribution in [1.82, 2.24) is 15.3 Å². The second-order valence-electron chi connectivity index (χ2n) is 6.89. The van der Waals surface area contributed by atoms with Crippen molar-refractivity contribution >= 4 is 29.1 Å². The molecule has 2 N–H and O–H groups in total. The maximum Gasteiger partial charge on any atom is 0.231 e. The standard InChI is InChI=1S/C20H27N5OS/c1-14-12-18(25-11-5-4-6-15(25)2)23-19(22-14)24-20(27)21-13-16-7-9-17(26-3)10-8-16/h7-10,12,15H,4-6,11,13H2,1-3H3,(H2,21,22,23,24,27). The molecule has 1 aromatic heterocycles. The van der Waals surface area contributed by atoms with E-state index in [4.69, 9.17) is 17.0 Å². The molecule has 0 amide bonds. The van der Waals surface area contributed by atoms with Gasteiger partial charge in [-0.3, -0.25) is 0 Å². The van der Waals surface area contributed by atoms with Crippen molar-refractivity contribution in [2.75, 3.05) is 23.9 Å². The van der Waals surface area contributed by atoms with Gasteiger partial charge in [0.15, 0.2) is 5.11 Å². The number of benzene rings is 1. The van der Waals surface area contributed by atoms with Crippen molar-refractivity contribution in [1.29, 1.82) is 0 Å². The molecule has 2 heterocycles. The highest BCUT2D eigenvalue weighted by Crippen LogP contribution is 2.24. The highest BCUT2D eigenvalue weighted by atomic mass is 32.1. The zero-order chi connectivity index (χ0) is 19.2. The average Bonchev–Trinajstić information content (AvgIpc) is 2.66. The van der Waals surface area contributed by atoms with E-state index in [0.29, 0.717) is 23.6 Å². The van der Waals surface area contributed by atoms with E-state index >= 15 is 0 Å². The molecular weight excluding hydrogens is 358 g/mol. The van der Waals surface area contributed by atoms with Gasteiger partial charge in [-0.05, 0) is 63.0 Å². The van der Waals surface area contributed by atoms with E-state index < -0.39 is 0 Å². The number of methoxy groups -OCH3 is 1. The molecule has 6 nitrogen and oxygen atoms in total. The lowest BCUT2D eigenvalue weighted by Crippen LogP contribution is -2.38. The van der Waals surface area contributed by atoms with Crippen molar-refractivity contribution in [3.63, 3.8) is 0 Å². The highest BCUT2D eigenvalue weighted by Gasteiger charge is 2.20. The van der Waals surface area contributed by atoms with Gasteiger partial charge in [-0.2, -0.15) is 4.98 Å². The first kappa shape index (κ1) is 19.4. The number of rotatable bonds is 5. The number of nitrogens with one attached hydrogen (secondary N) is 2. The maximum atomic E-state index is 5.41. The van der Waals surface area contributed by atoms with Crippen LogP contribution in [0, 0.1) is 6.92 Å². The first-order valence-corrected chi connectivity index (χ1v) is 9.76. The summed E-state index contributed by atoms with van der Waals surface area (Å²) in [4.78, 5) is 11.5. The van der Waals surface area contributed by atoms with Crippen LogP contribution >= 0.6 is 12.2 Å². The number of hydrogen-bond donors (Lipinski definition) is 2. The molecule has 144 valence electrons. The molecule has 1 aliphatic heterocycles. The predicted octanol–water partition coefficient (Wildman–Crippen LogP) is 3.66. The molecule has 0 spiro atoms. The molecular formula is C20H27N5OS. The topological polar surface area (TPSA) is 62.3 Å². The van der Waals surface area contributed by atoms with Gasteiger partial charge in [0, 0.05) is 30.9 Å². The molecule has 0 bridgehead atoms. The monoisotopic (exact) mass is 385 g/mol. The average molecular weight is 386 g/mol. The molecule has 1 atom stereocenters. The molecule has 0 aliphatic carbocycles. The molecule has 1 aliphatic rings. The number of hydrogen-bond acceptors (Lipinski definition) is 5. The minimum absolute atomic E-state index is 0.501. The maximum absolute atomic E-state index is 5.41. The summed E-state index contributed by atoms with van der Waals surface area (Å²) in [6.07, 6.45) is 3.69. The van der Waals surface area contributed by atoms with E-state index in [0.717, 1.165) is 29.4 Å². The van der Waals surface area contributed by atoms with Crippen molar-refractivity contribution in [3.05, 3.63) is 41.6 Å². The molecule has 3 rings (SSSR count). The number of nitrogens with zero attached hydrogens (tertiary/aromatic N) is 3. The quantitative estimate of drug-likeness (QED) is 0.762. The second kappa shape index (κ2) is 8.99. The van der Waals surface area contributed by atoms with Crippen LogP contribution in [0.5, 0.6) is 5.75 Å². The lowest BCUT2D eigenvalue weighted by atomic mass is 10.0. The molecule has 0 saturated carbocycles. The van der Waals surface area contributed by atoms with Crippen molar-refractivity contribution in [3.8, 4) is 5.75 Å². The van der Waals surface area contributed by atoms with Crippen molar-refractivity contribution in [2.45, 2.75) is 45.7 Å². The Bertz CT molecular complexity index is 780. The van der Waals surface area contributed by atoms with Crippen LogP contribution in [0.25, 0.3) is 0 Å². The van der Waals surface area contributed by atoms with Gasteiger partial charge < -0.3 is 20.3 Å². The van der Waals surface area contributed by atoms with Crippen LogP contribution < -0.4 is 20.3 Å². The van der Waals surface area contributed by atoms with Gasteiger partial charge in [-0.1, -0.05) is 12.1 Å². The summed E-state index contributed by atoms with van der Waals surface area (Å²) in [7, 11) is 1.66. The van der Waals surface area contributed by atoms with Gasteiger partial charge in [0.1, 0.15) is 11.6 Å². The summed E-state index contributed by atoms with van der Waals surface area (Å²) in [5.41, 5.74) is 2.05. The summed E-state index contributed by atoms with van der Waals surface area (Å²) >= 11 is 5.41. The van der Waals surface area contributed by atoms with Crippen molar-refractivity contribution in [2.24, 2.45) is 0 Å². The van der Waals surface area contributed by atoms with E-state index in [1.807, 2.05) is 37.3 Å².